The lowest BCUT2D eigenvalue weighted by molar-refractivity contribution is 1.13. The smallest absolute Gasteiger partial charge is 0.183 e. The number of aromatic nitrogens is 2. The second kappa shape index (κ2) is 7.68. The van der Waals surface area contributed by atoms with Gasteiger partial charge in [0.2, 0.25) is 0 Å². The number of thiazole rings is 1. The summed E-state index contributed by atoms with van der Waals surface area (Å²) in [5.41, 5.74) is 4.30. The number of rotatable bonds is 5. The molecular formula is C21H16ClN3S. The molecule has 0 aliphatic heterocycles. The SMILES string of the molecule is Clc1ccccc1-c1cnccc1-c1cnc(NCc2ccccc2)s1. The maximum atomic E-state index is 6.39. The molecule has 4 aromatic rings. The Hall–Kier alpha value is -2.69. The van der Waals surface area contributed by atoms with Gasteiger partial charge in [-0.25, -0.2) is 4.98 Å². The molecule has 0 atom stereocenters. The van der Waals surface area contributed by atoms with Crippen molar-refractivity contribution in [1.82, 2.24) is 9.97 Å². The molecule has 5 heteroatoms. The highest BCUT2D eigenvalue weighted by atomic mass is 35.5. The lowest BCUT2D eigenvalue weighted by Gasteiger charge is -2.08. The van der Waals surface area contributed by atoms with E-state index in [0.717, 1.165) is 33.2 Å². The van der Waals surface area contributed by atoms with Crippen molar-refractivity contribution in [1.29, 1.82) is 0 Å². The van der Waals surface area contributed by atoms with Gasteiger partial charge in [0.05, 0.1) is 4.88 Å². The van der Waals surface area contributed by atoms with Crippen LogP contribution in [0.2, 0.25) is 5.02 Å². The zero-order valence-corrected chi connectivity index (χ0v) is 15.5. The Morgan fingerprint density at radius 3 is 2.50 bits per heavy atom. The maximum Gasteiger partial charge on any atom is 0.183 e. The molecule has 2 aromatic heterocycles. The number of pyridine rings is 1. The van der Waals surface area contributed by atoms with E-state index in [4.69, 9.17) is 11.6 Å². The molecule has 1 N–H and O–H groups in total. The van der Waals surface area contributed by atoms with Crippen LogP contribution in [0.5, 0.6) is 0 Å². The minimum absolute atomic E-state index is 0.716. The van der Waals surface area contributed by atoms with Crippen molar-refractivity contribution in [2.24, 2.45) is 0 Å². The molecule has 0 bridgehead atoms. The first-order valence-corrected chi connectivity index (χ1v) is 9.43. The average molecular weight is 378 g/mol. The predicted molar refractivity (Wildman–Crippen MR) is 110 cm³/mol. The number of nitrogens with one attached hydrogen (secondary N) is 1. The molecule has 0 fully saturated rings. The van der Waals surface area contributed by atoms with Gasteiger partial charge in [0, 0.05) is 46.8 Å². The molecule has 0 spiro atoms. The molecule has 3 nitrogen and oxygen atoms in total. The van der Waals surface area contributed by atoms with Gasteiger partial charge in [-0.1, -0.05) is 71.5 Å². The Kier molecular flexibility index (Phi) is 4.95. The summed E-state index contributed by atoms with van der Waals surface area (Å²) in [6.07, 6.45) is 5.55. The molecule has 128 valence electrons. The van der Waals surface area contributed by atoms with Crippen molar-refractivity contribution >= 4 is 28.1 Å². The molecule has 2 aromatic carbocycles. The van der Waals surface area contributed by atoms with Crippen LogP contribution in [0.4, 0.5) is 5.13 Å². The summed E-state index contributed by atoms with van der Waals surface area (Å²) in [7, 11) is 0. The van der Waals surface area contributed by atoms with Gasteiger partial charge in [0.15, 0.2) is 5.13 Å². The predicted octanol–water partition coefficient (Wildman–Crippen LogP) is 6.14. The van der Waals surface area contributed by atoms with E-state index >= 15 is 0 Å². The summed E-state index contributed by atoms with van der Waals surface area (Å²) in [5.74, 6) is 0. The molecule has 0 radical (unpaired) electrons. The van der Waals surface area contributed by atoms with Crippen molar-refractivity contribution in [3.63, 3.8) is 0 Å². The fraction of sp³-hybridized carbons (Fsp3) is 0.0476. The minimum Gasteiger partial charge on any atom is -0.357 e. The number of anilines is 1. The monoisotopic (exact) mass is 377 g/mol. The lowest BCUT2D eigenvalue weighted by atomic mass is 10.0. The van der Waals surface area contributed by atoms with E-state index < -0.39 is 0 Å². The number of benzene rings is 2. The first kappa shape index (κ1) is 16.8. The molecule has 2 heterocycles. The largest absolute Gasteiger partial charge is 0.357 e. The maximum absolute atomic E-state index is 6.39. The summed E-state index contributed by atoms with van der Waals surface area (Å²) >= 11 is 8.02. The van der Waals surface area contributed by atoms with Crippen molar-refractivity contribution < 1.29 is 0 Å². The van der Waals surface area contributed by atoms with E-state index in [2.05, 4.69) is 27.4 Å². The van der Waals surface area contributed by atoms with Gasteiger partial charge >= 0.3 is 0 Å². The molecule has 0 aliphatic carbocycles. The fourth-order valence-electron chi connectivity index (χ4n) is 2.76. The zero-order valence-electron chi connectivity index (χ0n) is 13.9. The lowest BCUT2D eigenvalue weighted by Crippen LogP contribution is -1.97. The highest BCUT2D eigenvalue weighted by Gasteiger charge is 2.13. The van der Waals surface area contributed by atoms with Gasteiger partial charge in [-0.3, -0.25) is 4.98 Å². The minimum atomic E-state index is 0.716. The van der Waals surface area contributed by atoms with Crippen LogP contribution in [0.1, 0.15) is 5.56 Å². The Labute approximate surface area is 161 Å². The summed E-state index contributed by atoms with van der Waals surface area (Å²) in [5, 5.41) is 5.00. The van der Waals surface area contributed by atoms with Crippen molar-refractivity contribution in [2.75, 3.05) is 5.32 Å². The second-order valence-electron chi connectivity index (χ2n) is 5.77. The second-order valence-corrected chi connectivity index (χ2v) is 7.21. The number of hydrogen-bond donors (Lipinski definition) is 1. The van der Waals surface area contributed by atoms with Gasteiger partial charge in [0.1, 0.15) is 0 Å². The van der Waals surface area contributed by atoms with Gasteiger partial charge < -0.3 is 5.32 Å². The summed E-state index contributed by atoms with van der Waals surface area (Å²) in [6.45, 7) is 0.751. The van der Waals surface area contributed by atoms with E-state index in [1.54, 1.807) is 17.5 Å². The van der Waals surface area contributed by atoms with E-state index in [1.165, 1.54) is 5.56 Å². The van der Waals surface area contributed by atoms with Crippen LogP contribution >= 0.6 is 22.9 Å². The van der Waals surface area contributed by atoms with E-state index in [9.17, 15) is 0 Å². The van der Waals surface area contributed by atoms with E-state index in [-0.39, 0.29) is 0 Å². The molecule has 0 saturated carbocycles. The summed E-state index contributed by atoms with van der Waals surface area (Å²) < 4.78 is 0. The average Bonchev–Trinajstić information content (AvgIpc) is 3.17. The first-order chi connectivity index (χ1) is 12.8. The third kappa shape index (κ3) is 3.62. The van der Waals surface area contributed by atoms with E-state index in [0.29, 0.717) is 5.02 Å². The highest BCUT2D eigenvalue weighted by molar-refractivity contribution is 7.18. The van der Waals surface area contributed by atoms with Crippen LogP contribution in [0.3, 0.4) is 0 Å². The van der Waals surface area contributed by atoms with Crippen molar-refractivity contribution in [3.8, 4) is 21.6 Å². The fourth-order valence-corrected chi connectivity index (χ4v) is 3.85. The number of halogens is 1. The van der Waals surface area contributed by atoms with Gasteiger partial charge in [-0.15, -0.1) is 0 Å². The highest BCUT2D eigenvalue weighted by Crippen LogP contribution is 2.38. The Balaban J connectivity index is 1.61. The Bertz CT molecular complexity index is 1010. The topological polar surface area (TPSA) is 37.8 Å². The molecule has 0 aliphatic rings. The van der Waals surface area contributed by atoms with Gasteiger partial charge in [-0.05, 0) is 17.7 Å². The Morgan fingerprint density at radius 1 is 0.846 bits per heavy atom. The number of nitrogens with zero attached hydrogens (tertiary/aromatic N) is 2. The third-order valence-electron chi connectivity index (χ3n) is 4.04. The van der Waals surface area contributed by atoms with Crippen molar-refractivity contribution in [2.45, 2.75) is 6.54 Å². The van der Waals surface area contributed by atoms with Crippen LogP contribution in [0.15, 0.2) is 79.3 Å². The third-order valence-corrected chi connectivity index (χ3v) is 5.36. The van der Waals surface area contributed by atoms with E-state index in [1.807, 2.05) is 60.9 Å². The Morgan fingerprint density at radius 2 is 1.65 bits per heavy atom. The standard InChI is InChI=1S/C21H16ClN3S/c22-19-9-5-4-8-16(19)18-13-23-11-10-17(18)20-14-25-21(26-20)24-12-15-6-2-1-3-7-15/h1-11,13-14H,12H2,(H,24,25). The van der Waals surface area contributed by atoms with Crippen LogP contribution in [-0.2, 0) is 6.54 Å². The van der Waals surface area contributed by atoms with Crippen LogP contribution in [0.25, 0.3) is 21.6 Å². The zero-order chi connectivity index (χ0) is 17.8. The molecule has 0 unspecified atom stereocenters. The molecular weight excluding hydrogens is 362 g/mol. The van der Waals surface area contributed by atoms with Gasteiger partial charge in [0.25, 0.3) is 0 Å². The quantitative estimate of drug-likeness (QED) is 0.454. The molecule has 4 rings (SSSR count). The summed E-state index contributed by atoms with van der Waals surface area (Å²) in [6, 6.07) is 20.1. The van der Waals surface area contributed by atoms with Crippen LogP contribution in [0, 0.1) is 0 Å². The van der Waals surface area contributed by atoms with Crippen LogP contribution < -0.4 is 5.32 Å². The molecule has 0 amide bonds. The number of hydrogen-bond acceptors (Lipinski definition) is 4. The normalized spacial score (nSPS) is 10.7. The first-order valence-electron chi connectivity index (χ1n) is 8.24. The van der Waals surface area contributed by atoms with Crippen molar-refractivity contribution in [3.05, 3.63) is 89.8 Å². The van der Waals surface area contributed by atoms with Crippen LogP contribution in [-0.4, -0.2) is 9.97 Å². The summed E-state index contributed by atoms with van der Waals surface area (Å²) in [4.78, 5) is 9.88. The molecule has 0 saturated heterocycles. The van der Waals surface area contributed by atoms with Gasteiger partial charge in [-0.2, -0.15) is 0 Å². The molecule has 26 heavy (non-hydrogen) atoms.